The summed E-state index contributed by atoms with van der Waals surface area (Å²) in [5, 5.41) is 3.56. The molecule has 0 aromatic carbocycles. The van der Waals surface area contributed by atoms with Crippen molar-refractivity contribution in [1.82, 2.24) is 19.9 Å². The molecule has 2 aromatic heterocycles. The van der Waals surface area contributed by atoms with E-state index in [2.05, 4.69) is 25.2 Å². The highest BCUT2D eigenvalue weighted by molar-refractivity contribution is 5.48. The van der Waals surface area contributed by atoms with Crippen molar-refractivity contribution >= 4 is 17.5 Å². The lowest BCUT2D eigenvalue weighted by atomic mass is 9.85. The molecule has 1 saturated carbocycles. The Morgan fingerprint density at radius 3 is 2.58 bits per heavy atom. The lowest BCUT2D eigenvalue weighted by Crippen LogP contribution is -2.39. The van der Waals surface area contributed by atoms with E-state index >= 15 is 0 Å². The van der Waals surface area contributed by atoms with Crippen LogP contribution in [0.5, 0.6) is 0 Å². The molecule has 0 unspecified atom stereocenters. The average Bonchev–Trinajstić information content (AvgIpc) is 2.61. The first-order valence-corrected chi connectivity index (χ1v) is 9.53. The molecule has 0 amide bonds. The van der Waals surface area contributed by atoms with Crippen LogP contribution in [0.25, 0.3) is 0 Å². The van der Waals surface area contributed by atoms with Gasteiger partial charge < -0.3 is 15.1 Å². The maximum absolute atomic E-state index is 4.83. The molecule has 1 N–H and O–H groups in total. The fourth-order valence-corrected chi connectivity index (χ4v) is 3.54. The Labute approximate surface area is 154 Å². The summed E-state index contributed by atoms with van der Waals surface area (Å²) in [7, 11) is 3.98. The van der Waals surface area contributed by atoms with Crippen molar-refractivity contribution in [3.05, 3.63) is 30.5 Å². The molecule has 1 aliphatic carbocycles. The molecule has 7 heteroatoms. The first-order chi connectivity index (χ1) is 12.7. The Morgan fingerprint density at radius 1 is 1.08 bits per heavy atom. The summed E-state index contributed by atoms with van der Waals surface area (Å²) >= 11 is 0. The van der Waals surface area contributed by atoms with E-state index in [1.165, 1.54) is 19.3 Å². The third-order valence-corrected chi connectivity index (χ3v) is 5.41. The van der Waals surface area contributed by atoms with E-state index in [0.717, 1.165) is 49.2 Å². The van der Waals surface area contributed by atoms with Gasteiger partial charge in [0.25, 0.3) is 0 Å². The van der Waals surface area contributed by atoms with Crippen LogP contribution in [0.1, 0.15) is 43.8 Å². The van der Waals surface area contributed by atoms with Crippen LogP contribution in [0.15, 0.2) is 24.7 Å². The van der Waals surface area contributed by atoms with Crippen LogP contribution in [-0.2, 0) is 0 Å². The van der Waals surface area contributed by atoms with Crippen LogP contribution in [0.3, 0.4) is 0 Å². The second-order valence-electron chi connectivity index (χ2n) is 7.46. The van der Waals surface area contributed by atoms with Gasteiger partial charge in [-0.15, -0.1) is 0 Å². The fourth-order valence-electron chi connectivity index (χ4n) is 3.54. The predicted octanol–water partition coefficient (Wildman–Crippen LogP) is 2.68. The maximum Gasteiger partial charge on any atom is 0.133 e. The monoisotopic (exact) mass is 353 g/mol. The smallest absolute Gasteiger partial charge is 0.133 e. The van der Waals surface area contributed by atoms with Crippen molar-refractivity contribution in [3.63, 3.8) is 0 Å². The summed E-state index contributed by atoms with van der Waals surface area (Å²) in [6.07, 6.45) is 9.48. The number of rotatable bonds is 5. The molecule has 26 heavy (non-hydrogen) atoms. The SMILES string of the molecule is CN(C)c1cc(NC2CCN(c3ccnc(C4CCC4)n3)CC2)ncn1. The summed E-state index contributed by atoms with van der Waals surface area (Å²) in [6, 6.07) is 4.48. The molecule has 2 aliphatic rings. The second kappa shape index (κ2) is 7.43. The molecule has 0 spiro atoms. The normalized spacial score (nSPS) is 18.5. The molecule has 1 saturated heterocycles. The first-order valence-electron chi connectivity index (χ1n) is 9.53. The summed E-state index contributed by atoms with van der Waals surface area (Å²) in [5.41, 5.74) is 0. The third-order valence-electron chi connectivity index (χ3n) is 5.41. The van der Waals surface area contributed by atoms with Crippen molar-refractivity contribution in [2.45, 2.75) is 44.1 Å². The van der Waals surface area contributed by atoms with Crippen molar-refractivity contribution < 1.29 is 0 Å². The van der Waals surface area contributed by atoms with Gasteiger partial charge in [0.2, 0.25) is 0 Å². The van der Waals surface area contributed by atoms with Crippen LogP contribution in [0, 0.1) is 0 Å². The van der Waals surface area contributed by atoms with E-state index in [4.69, 9.17) is 4.98 Å². The summed E-state index contributed by atoms with van der Waals surface area (Å²) in [6.45, 7) is 2.01. The van der Waals surface area contributed by atoms with E-state index in [1.807, 2.05) is 37.3 Å². The first kappa shape index (κ1) is 17.0. The summed E-state index contributed by atoms with van der Waals surface area (Å²) in [5.74, 6) is 4.52. The van der Waals surface area contributed by atoms with Gasteiger partial charge >= 0.3 is 0 Å². The molecule has 2 aromatic rings. The van der Waals surface area contributed by atoms with E-state index in [1.54, 1.807) is 6.33 Å². The van der Waals surface area contributed by atoms with Crippen LogP contribution < -0.4 is 15.1 Å². The second-order valence-corrected chi connectivity index (χ2v) is 7.46. The predicted molar refractivity (Wildman–Crippen MR) is 104 cm³/mol. The molecule has 0 atom stereocenters. The molecule has 0 radical (unpaired) electrons. The van der Waals surface area contributed by atoms with Gasteiger partial charge in [-0.2, -0.15) is 0 Å². The zero-order valence-corrected chi connectivity index (χ0v) is 15.6. The Balaban J connectivity index is 1.35. The lowest BCUT2D eigenvalue weighted by molar-refractivity contribution is 0.400. The van der Waals surface area contributed by atoms with Crippen molar-refractivity contribution in [2.75, 3.05) is 42.3 Å². The van der Waals surface area contributed by atoms with Gasteiger partial charge in [0.15, 0.2) is 0 Å². The highest BCUT2D eigenvalue weighted by Crippen LogP contribution is 2.34. The van der Waals surface area contributed by atoms with Gasteiger partial charge in [-0.05, 0) is 31.7 Å². The largest absolute Gasteiger partial charge is 0.367 e. The molecule has 2 fully saturated rings. The maximum atomic E-state index is 4.83. The van der Waals surface area contributed by atoms with Gasteiger partial charge in [0.1, 0.15) is 29.6 Å². The van der Waals surface area contributed by atoms with Crippen LogP contribution >= 0.6 is 0 Å². The standard InChI is InChI=1S/C19H27N7/c1-25(2)18-12-16(21-13-22-18)23-15-7-10-26(11-8-15)17-6-9-20-19(24-17)14-4-3-5-14/h6,9,12-15H,3-5,7-8,10-11H2,1-2H3,(H,21,22,23). The van der Waals surface area contributed by atoms with Crippen LogP contribution in [-0.4, -0.2) is 53.2 Å². The van der Waals surface area contributed by atoms with Crippen molar-refractivity contribution in [1.29, 1.82) is 0 Å². The number of hydrogen-bond acceptors (Lipinski definition) is 7. The Kier molecular flexibility index (Phi) is 4.86. The Morgan fingerprint density at radius 2 is 1.88 bits per heavy atom. The van der Waals surface area contributed by atoms with E-state index in [0.29, 0.717) is 12.0 Å². The Hall–Kier alpha value is -2.44. The minimum absolute atomic E-state index is 0.434. The molecular formula is C19H27N7. The number of nitrogens with one attached hydrogen (secondary N) is 1. The van der Waals surface area contributed by atoms with Gasteiger partial charge in [0.05, 0.1) is 0 Å². The molecule has 0 bridgehead atoms. The molecular weight excluding hydrogens is 326 g/mol. The van der Waals surface area contributed by atoms with Crippen LogP contribution in [0.4, 0.5) is 17.5 Å². The topological polar surface area (TPSA) is 70.1 Å². The zero-order chi connectivity index (χ0) is 17.9. The zero-order valence-electron chi connectivity index (χ0n) is 15.6. The molecule has 1 aliphatic heterocycles. The highest BCUT2D eigenvalue weighted by atomic mass is 15.2. The van der Waals surface area contributed by atoms with Gasteiger partial charge in [-0.3, -0.25) is 0 Å². The minimum atomic E-state index is 0.434. The van der Waals surface area contributed by atoms with E-state index in [9.17, 15) is 0 Å². The molecule has 7 nitrogen and oxygen atoms in total. The average molecular weight is 353 g/mol. The third kappa shape index (κ3) is 3.71. The van der Waals surface area contributed by atoms with Gasteiger partial charge in [-0.25, -0.2) is 19.9 Å². The number of anilines is 3. The highest BCUT2D eigenvalue weighted by Gasteiger charge is 2.24. The van der Waals surface area contributed by atoms with Crippen molar-refractivity contribution in [2.24, 2.45) is 0 Å². The lowest BCUT2D eigenvalue weighted by Gasteiger charge is -2.34. The number of aromatic nitrogens is 4. The summed E-state index contributed by atoms with van der Waals surface area (Å²) in [4.78, 5) is 22.3. The fraction of sp³-hybridized carbons (Fsp3) is 0.579. The Bertz CT molecular complexity index is 736. The van der Waals surface area contributed by atoms with Gasteiger partial charge in [0, 0.05) is 51.4 Å². The van der Waals surface area contributed by atoms with E-state index < -0.39 is 0 Å². The van der Waals surface area contributed by atoms with Crippen LogP contribution in [0.2, 0.25) is 0 Å². The summed E-state index contributed by atoms with van der Waals surface area (Å²) < 4.78 is 0. The molecule has 138 valence electrons. The van der Waals surface area contributed by atoms with Gasteiger partial charge in [-0.1, -0.05) is 6.42 Å². The quantitative estimate of drug-likeness (QED) is 0.886. The van der Waals surface area contributed by atoms with E-state index in [-0.39, 0.29) is 0 Å². The molecule has 4 rings (SSSR count). The number of piperidine rings is 1. The number of hydrogen-bond donors (Lipinski definition) is 1. The molecule has 3 heterocycles. The number of nitrogens with zero attached hydrogens (tertiary/aromatic N) is 6. The minimum Gasteiger partial charge on any atom is -0.367 e. The van der Waals surface area contributed by atoms with Crippen molar-refractivity contribution in [3.8, 4) is 0 Å².